The molecular formula is C24H26O3. The molecule has 0 fully saturated rings. The number of rotatable bonds is 8. The van der Waals surface area contributed by atoms with E-state index in [1.54, 1.807) is 12.1 Å². The molecule has 1 aliphatic rings. The Kier molecular flexibility index (Phi) is 6.25. The minimum atomic E-state index is -0.907. The summed E-state index contributed by atoms with van der Waals surface area (Å²) in [5.74, 6) is -0.907. The third-order valence-corrected chi connectivity index (χ3v) is 4.89. The van der Waals surface area contributed by atoms with Crippen LogP contribution in [0.4, 0.5) is 0 Å². The molecule has 1 aliphatic carbocycles. The fraction of sp³-hybridized carbons (Fsp3) is 0.292. The molecule has 140 valence electrons. The molecule has 0 bridgehead atoms. The van der Waals surface area contributed by atoms with E-state index in [9.17, 15) is 4.79 Å². The molecule has 0 unspecified atom stereocenters. The van der Waals surface area contributed by atoms with Crippen molar-refractivity contribution in [1.82, 2.24) is 0 Å². The summed E-state index contributed by atoms with van der Waals surface area (Å²) in [5.41, 5.74) is 2.97. The van der Waals surface area contributed by atoms with Crippen LogP contribution in [-0.2, 0) is 10.3 Å². The van der Waals surface area contributed by atoms with Gasteiger partial charge >= 0.3 is 5.97 Å². The maximum Gasteiger partial charge on any atom is 0.335 e. The summed E-state index contributed by atoms with van der Waals surface area (Å²) in [6.07, 6.45) is 13.0. The zero-order chi connectivity index (χ0) is 19.1. The zero-order valence-electron chi connectivity index (χ0n) is 15.7. The van der Waals surface area contributed by atoms with E-state index >= 15 is 0 Å². The average molecular weight is 362 g/mol. The van der Waals surface area contributed by atoms with Gasteiger partial charge in [0.2, 0.25) is 0 Å². The van der Waals surface area contributed by atoms with E-state index in [0.29, 0.717) is 5.56 Å². The van der Waals surface area contributed by atoms with E-state index in [2.05, 4.69) is 55.5 Å². The molecule has 2 aromatic rings. The molecule has 0 saturated heterocycles. The molecular weight excluding hydrogens is 336 g/mol. The quantitative estimate of drug-likeness (QED) is 0.465. The molecule has 0 amide bonds. The molecule has 0 radical (unpaired) electrons. The predicted molar refractivity (Wildman–Crippen MR) is 109 cm³/mol. The van der Waals surface area contributed by atoms with Crippen LogP contribution in [0.25, 0.3) is 11.1 Å². The van der Waals surface area contributed by atoms with Gasteiger partial charge in [0.25, 0.3) is 0 Å². The summed E-state index contributed by atoms with van der Waals surface area (Å²) in [5, 5.41) is 9.03. The van der Waals surface area contributed by atoms with Gasteiger partial charge in [-0.05, 0) is 53.8 Å². The van der Waals surface area contributed by atoms with Crippen LogP contribution in [0.15, 0.2) is 72.8 Å². The molecule has 3 rings (SSSR count). The highest BCUT2D eigenvalue weighted by molar-refractivity contribution is 5.88. The highest BCUT2D eigenvalue weighted by Gasteiger charge is 2.28. The Morgan fingerprint density at radius 2 is 1.56 bits per heavy atom. The number of unbranched alkanes of at least 4 members (excludes halogenated alkanes) is 2. The van der Waals surface area contributed by atoms with Gasteiger partial charge in [-0.3, -0.25) is 0 Å². The Balaban J connectivity index is 1.81. The Labute approximate surface area is 161 Å². The Bertz CT molecular complexity index is 802. The largest absolute Gasteiger partial charge is 0.478 e. The van der Waals surface area contributed by atoms with Crippen molar-refractivity contribution in [2.24, 2.45) is 0 Å². The van der Waals surface area contributed by atoms with Gasteiger partial charge in [0.15, 0.2) is 0 Å². The first-order chi connectivity index (χ1) is 13.1. The fourth-order valence-electron chi connectivity index (χ4n) is 3.31. The first-order valence-corrected chi connectivity index (χ1v) is 9.58. The summed E-state index contributed by atoms with van der Waals surface area (Å²) in [6, 6.07) is 15.3. The van der Waals surface area contributed by atoms with Crippen LogP contribution in [0.5, 0.6) is 0 Å². The molecule has 0 heterocycles. The molecule has 0 spiro atoms. The van der Waals surface area contributed by atoms with Crippen LogP contribution >= 0.6 is 0 Å². The van der Waals surface area contributed by atoms with Crippen molar-refractivity contribution in [3.8, 4) is 11.1 Å². The van der Waals surface area contributed by atoms with Crippen molar-refractivity contribution in [3.63, 3.8) is 0 Å². The molecule has 0 aliphatic heterocycles. The number of hydrogen-bond acceptors (Lipinski definition) is 2. The van der Waals surface area contributed by atoms with Gasteiger partial charge < -0.3 is 9.84 Å². The van der Waals surface area contributed by atoms with E-state index in [4.69, 9.17) is 9.84 Å². The van der Waals surface area contributed by atoms with Gasteiger partial charge in [-0.1, -0.05) is 68.3 Å². The summed E-state index contributed by atoms with van der Waals surface area (Å²) >= 11 is 0. The normalized spacial score (nSPS) is 15.0. The third-order valence-electron chi connectivity index (χ3n) is 4.89. The number of carbonyl (C=O) groups is 1. The van der Waals surface area contributed by atoms with E-state index in [1.165, 1.54) is 12.8 Å². The van der Waals surface area contributed by atoms with Gasteiger partial charge in [0.05, 0.1) is 5.56 Å². The molecule has 3 heteroatoms. The van der Waals surface area contributed by atoms with Crippen LogP contribution in [-0.4, -0.2) is 17.7 Å². The topological polar surface area (TPSA) is 46.5 Å². The zero-order valence-corrected chi connectivity index (χ0v) is 15.7. The highest BCUT2D eigenvalue weighted by atomic mass is 16.5. The van der Waals surface area contributed by atoms with Gasteiger partial charge in [-0.15, -0.1) is 0 Å². The van der Waals surface area contributed by atoms with E-state index < -0.39 is 11.6 Å². The SMILES string of the molecule is CCCCCOC1(c2ccc(-c3ccc(C(=O)O)cc3)cc2)C=CCC=C1. The molecule has 1 N–H and O–H groups in total. The third kappa shape index (κ3) is 4.55. The first-order valence-electron chi connectivity index (χ1n) is 9.58. The van der Waals surface area contributed by atoms with Crippen molar-refractivity contribution in [2.75, 3.05) is 6.61 Å². The van der Waals surface area contributed by atoms with Crippen LogP contribution in [0.2, 0.25) is 0 Å². The minimum Gasteiger partial charge on any atom is -0.478 e. The molecule has 2 aromatic carbocycles. The Hall–Kier alpha value is -2.65. The number of carboxylic acids is 1. The van der Waals surface area contributed by atoms with Crippen molar-refractivity contribution in [1.29, 1.82) is 0 Å². The van der Waals surface area contributed by atoms with Crippen molar-refractivity contribution in [3.05, 3.63) is 84.0 Å². The van der Waals surface area contributed by atoms with E-state index in [0.717, 1.165) is 36.1 Å². The Morgan fingerprint density at radius 1 is 0.963 bits per heavy atom. The van der Waals surface area contributed by atoms with Gasteiger partial charge in [0.1, 0.15) is 5.60 Å². The van der Waals surface area contributed by atoms with Crippen LogP contribution < -0.4 is 0 Å². The summed E-state index contributed by atoms with van der Waals surface area (Å²) in [6.45, 7) is 2.93. The lowest BCUT2D eigenvalue weighted by Gasteiger charge is -2.30. The van der Waals surface area contributed by atoms with Crippen LogP contribution in [0.1, 0.15) is 48.5 Å². The number of carboxylic acid groups (broad SMARTS) is 1. The highest BCUT2D eigenvalue weighted by Crippen LogP contribution is 2.34. The van der Waals surface area contributed by atoms with Gasteiger partial charge in [-0.25, -0.2) is 4.79 Å². The second-order valence-corrected chi connectivity index (χ2v) is 6.85. The van der Waals surface area contributed by atoms with Crippen molar-refractivity contribution in [2.45, 2.75) is 38.2 Å². The number of ether oxygens (including phenoxy) is 1. The van der Waals surface area contributed by atoms with E-state index in [-0.39, 0.29) is 0 Å². The van der Waals surface area contributed by atoms with Crippen molar-refractivity contribution < 1.29 is 14.6 Å². The number of hydrogen-bond donors (Lipinski definition) is 1. The lowest BCUT2D eigenvalue weighted by molar-refractivity contribution is 0.0214. The lowest BCUT2D eigenvalue weighted by atomic mass is 9.88. The Morgan fingerprint density at radius 3 is 2.11 bits per heavy atom. The van der Waals surface area contributed by atoms with Gasteiger partial charge in [-0.2, -0.15) is 0 Å². The summed E-state index contributed by atoms with van der Waals surface area (Å²) in [7, 11) is 0. The fourth-order valence-corrected chi connectivity index (χ4v) is 3.31. The number of aromatic carboxylic acids is 1. The van der Waals surface area contributed by atoms with Crippen molar-refractivity contribution >= 4 is 5.97 Å². The summed E-state index contributed by atoms with van der Waals surface area (Å²) < 4.78 is 6.31. The molecule has 0 saturated carbocycles. The second kappa shape index (κ2) is 8.83. The van der Waals surface area contributed by atoms with Crippen LogP contribution in [0, 0.1) is 0 Å². The molecule has 3 nitrogen and oxygen atoms in total. The molecule has 0 aromatic heterocycles. The maximum atomic E-state index is 11.0. The molecule has 27 heavy (non-hydrogen) atoms. The van der Waals surface area contributed by atoms with Crippen LogP contribution in [0.3, 0.4) is 0 Å². The molecule has 0 atom stereocenters. The smallest absolute Gasteiger partial charge is 0.335 e. The minimum absolute atomic E-state index is 0.298. The standard InChI is InChI=1S/C24H26O3/c1-2-3-7-18-27-24(16-5-4-6-17-24)22-14-12-20(13-15-22)19-8-10-21(11-9-19)23(25)26/h5-6,8-17H,2-4,7,18H2,1H3,(H,25,26). The number of allylic oxidation sites excluding steroid dienone is 2. The number of benzene rings is 2. The monoisotopic (exact) mass is 362 g/mol. The van der Waals surface area contributed by atoms with E-state index in [1.807, 2.05) is 12.1 Å². The average Bonchev–Trinajstić information content (AvgIpc) is 2.72. The summed E-state index contributed by atoms with van der Waals surface area (Å²) in [4.78, 5) is 11.0. The van der Waals surface area contributed by atoms with Gasteiger partial charge in [0, 0.05) is 6.61 Å². The maximum absolute atomic E-state index is 11.0. The second-order valence-electron chi connectivity index (χ2n) is 6.85. The predicted octanol–water partition coefficient (Wildman–Crippen LogP) is 5.97. The lowest BCUT2D eigenvalue weighted by Crippen LogP contribution is -2.26. The first kappa shape index (κ1) is 19.1.